The van der Waals surface area contributed by atoms with E-state index in [4.69, 9.17) is 21.3 Å². The van der Waals surface area contributed by atoms with Crippen molar-refractivity contribution in [3.63, 3.8) is 0 Å². The van der Waals surface area contributed by atoms with E-state index in [1.54, 1.807) is 4.90 Å². The second-order valence-corrected chi connectivity index (χ2v) is 10.2. The lowest BCUT2D eigenvalue weighted by atomic mass is 10.1. The number of benzene rings is 1. The zero-order chi connectivity index (χ0) is 29.7. The maximum absolute atomic E-state index is 12.7. The number of aryl methyl sites for hydroxylation is 2. The number of hydrogen-bond donors (Lipinski definition) is 7. The molecule has 0 saturated heterocycles. The molecule has 0 bridgehead atoms. The van der Waals surface area contributed by atoms with Crippen LogP contribution in [-0.2, 0) is 25.6 Å². The van der Waals surface area contributed by atoms with Crippen LogP contribution in [0.15, 0.2) is 34.3 Å². The molecular weight excluding hydrogens is 518 g/mol. The summed E-state index contributed by atoms with van der Waals surface area (Å²) in [5.74, 6) is -2.77. The lowest BCUT2D eigenvalue weighted by molar-refractivity contribution is -0.142. The Kier molecular flexibility index (Phi) is 9.53. The van der Waals surface area contributed by atoms with E-state index in [1.165, 1.54) is 13.8 Å². The summed E-state index contributed by atoms with van der Waals surface area (Å²) in [5, 5.41) is 25.5. The maximum Gasteiger partial charge on any atom is 0.326 e. The van der Waals surface area contributed by atoms with Gasteiger partial charge in [0.25, 0.3) is 0 Å². The Morgan fingerprint density at radius 2 is 1.68 bits per heavy atom. The third-order valence-electron chi connectivity index (χ3n) is 6.85. The molecule has 2 heterocycles. The number of rotatable bonds is 11. The molecule has 3 amide bonds. The first kappa shape index (κ1) is 30.2. The number of nitrogens with one attached hydrogen (secondary N) is 4. The van der Waals surface area contributed by atoms with Crippen LogP contribution in [0.3, 0.4) is 0 Å². The van der Waals surface area contributed by atoms with Gasteiger partial charge < -0.3 is 41.8 Å². The van der Waals surface area contributed by atoms with E-state index >= 15 is 0 Å². The molecule has 0 saturated carbocycles. The van der Waals surface area contributed by atoms with Crippen molar-refractivity contribution in [3.8, 4) is 0 Å². The number of hydrogen-bond acceptors (Lipinski definition) is 7. The zero-order valence-corrected chi connectivity index (χ0v) is 23.0. The summed E-state index contributed by atoms with van der Waals surface area (Å²) in [5.41, 5.74) is 14.8. The van der Waals surface area contributed by atoms with Crippen molar-refractivity contribution in [1.29, 1.82) is 5.41 Å². The molecule has 4 atom stereocenters. The largest absolute Gasteiger partial charge is 0.480 e. The quantitative estimate of drug-likeness (QED) is 0.113. The Bertz CT molecular complexity index is 1350. The fourth-order valence-electron chi connectivity index (χ4n) is 4.37. The number of nitrogens with zero attached hydrogens (tertiary/aromatic N) is 1. The zero-order valence-electron chi connectivity index (χ0n) is 23.0. The lowest BCUT2D eigenvalue weighted by Crippen LogP contribution is -2.55. The average molecular weight is 556 g/mol. The molecule has 3 rings (SSSR count). The van der Waals surface area contributed by atoms with Gasteiger partial charge >= 0.3 is 5.97 Å². The lowest BCUT2D eigenvalue weighted by Gasteiger charge is -2.22. The number of guanidine groups is 1. The van der Waals surface area contributed by atoms with Crippen LogP contribution in [0.25, 0.3) is 11.0 Å². The minimum absolute atomic E-state index is 0.0675. The van der Waals surface area contributed by atoms with Crippen LogP contribution in [0, 0.1) is 19.3 Å². The Labute approximate surface area is 231 Å². The molecule has 2 aromatic rings. The molecule has 40 heavy (non-hydrogen) atoms. The van der Waals surface area contributed by atoms with Crippen molar-refractivity contribution in [2.45, 2.75) is 64.7 Å². The third kappa shape index (κ3) is 7.38. The van der Waals surface area contributed by atoms with Gasteiger partial charge in [0.2, 0.25) is 17.7 Å². The van der Waals surface area contributed by atoms with Gasteiger partial charge in [-0.3, -0.25) is 19.8 Å². The van der Waals surface area contributed by atoms with E-state index in [-0.39, 0.29) is 18.8 Å². The Hall–Kier alpha value is -4.39. The number of amides is 3. The minimum Gasteiger partial charge on any atom is -0.480 e. The molecule has 13 heteroatoms. The van der Waals surface area contributed by atoms with E-state index in [0.717, 1.165) is 22.1 Å². The third-order valence-corrected chi connectivity index (χ3v) is 6.85. The molecule has 13 nitrogen and oxygen atoms in total. The highest BCUT2D eigenvalue weighted by Gasteiger charge is 2.28. The Morgan fingerprint density at radius 3 is 2.27 bits per heavy atom. The summed E-state index contributed by atoms with van der Waals surface area (Å²) in [7, 11) is 0. The average Bonchev–Trinajstić information content (AvgIpc) is 3.47. The van der Waals surface area contributed by atoms with Gasteiger partial charge in [-0.1, -0.05) is 23.8 Å². The van der Waals surface area contributed by atoms with Crippen LogP contribution in [-0.4, -0.2) is 76.9 Å². The van der Waals surface area contributed by atoms with E-state index < -0.39 is 47.9 Å². The molecule has 1 aromatic heterocycles. The predicted molar refractivity (Wildman–Crippen MR) is 148 cm³/mol. The van der Waals surface area contributed by atoms with Crippen LogP contribution in [0.1, 0.15) is 37.2 Å². The van der Waals surface area contributed by atoms with Crippen molar-refractivity contribution in [3.05, 3.63) is 46.7 Å². The molecule has 1 aliphatic rings. The number of carboxylic acids is 1. The maximum atomic E-state index is 12.7. The first-order valence-corrected chi connectivity index (χ1v) is 12.9. The standard InChI is InChI=1S/C27H37N7O6/c1-13-5-6-18-14(2)21(40-22(18)9-13)11-20(26(38)39)33-24(36)16(4)31-23(35)15(3)32-25(37)19(28)10-17-7-8-34(12-17)27(29)30/h5-7,9,15-16,19-20H,8,10-12,28H2,1-4H3,(H3,29,30)(H,31,35)(H,32,37)(H,33,36)(H,38,39). The fourth-order valence-corrected chi connectivity index (χ4v) is 4.37. The molecule has 0 aliphatic carbocycles. The van der Waals surface area contributed by atoms with Crippen LogP contribution >= 0.6 is 0 Å². The van der Waals surface area contributed by atoms with Gasteiger partial charge in [-0.25, -0.2) is 4.79 Å². The number of fused-ring (bicyclic) bond motifs is 1. The van der Waals surface area contributed by atoms with Gasteiger partial charge in [0, 0.05) is 24.9 Å². The molecule has 1 aromatic carbocycles. The van der Waals surface area contributed by atoms with Crippen molar-refractivity contribution in [2.75, 3.05) is 13.1 Å². The fraction of sp³-hybridized carbons (Fsp3) is 0.444. The summed E-state index contributed by atoms with van der Waals surface area (Å²) in [6, 6.07) is 1.41. The van der Waals surface area contributed by atoms with Crippen molar-refractivity contribution >= 4 is 40.6 Å². The molecule has 216 valence electrons. The SMILES string of the molecule is Cc1ccc2c(C)c(CC(NC(=O)C(C)NC(=O)C(C)NC(=O)C(N)CC3=CCN(C(=N)N)C3)C(=O)O)oc2c1. The highest BCUT2D eigenvalue weighted by molar-refractivity contribution is 5.94. The summed E-state index contributed by atoms with van der Waals surface area (Å²) in [4.78, 5) is 51.4. The van der Waals surface area contributed by atoms with E-state index in [1.807, 2.05) is 38.1 Å². The molecule has 1 aliphatic heterocycles. The van der Waals surface area contributed by atoms with Gasteiger partial charge in [-0.2, -0.15) is 0 Å². The van der Waals surface area contributed by atoms with Gasteiger partial charge in [0.05, 0.1) is 6.04 Å². The first-order valence-electron chi connectivity index (χ1n) is 12.9. The molecule has 0 fully saturated rings. The van der Waals surface area contributed by atoms with Gasteiger partial charge in [0.15, 0.2) is 5.96 Å². The number of carbonyl (C=O) groups is 4. The second-order valence-electron chi connectivity index (χ2n) is 10.2. The van der Waals surface area contributed by atoms with Crippen LogP contribution in [0.5, 0.6) is 0 Å². The molecule has 4 unspecified atom stereocenters. The van der Waals surface area contributed by atoms with Crippen molar-refractivity contribution < 1.29 is 28.7 Å². The topological polar surface area (TPSA) is 217 Å². The smallest absolute Gasteiger partial charge is 0.326 e. The summed E-state index contributed by atoms with van der Waals surface area (Å²) >= 11 is 0. The van der Waals surface area contributed by atoms with Gasteiger partial charge in [-0.05, 0) is 51.3 Å². The first-order chi connectivity index (χ1) is 18.8. The monoisotopic (exact) mass is 555 g/mol. The van der Waals surface area contributed by atoms with Crippen LogP contribution in [0.2, 0.25) is 0 Å². The highest BCUT2D eigenvalue weighted by Crippen LogP contribution is 2.27. The van der Waals surface area contributed by atoms with Crippen molar-refractivity contribution in [2.24, 2.45) is 11.5 Å². The number of nitrogens with two attached hydrogens (primary N) is 2. The molecule has 9 N–H and O–H groups in total. The normalized spacial score (nSPS) is 16.0. The molecule has 0 spiro atoms. The van der Waals surface area contributed by atoms with Gasteiger partial charge in [-0.15, -0.1) is 0 Å². The summed E-state index contributed by atoms with van der Waals surface area (Å²) < 4.78 is 5.86. The highest BCUT2D eigenvalue weighted by atomic mass is 16.4. The summed E-state index contributed by atoms with van der Waals surface area (Å²) in [6.45, 7) is 7.49. The Morgan fingerprint density at radius 1 is 1.05 bits per heavy atom. The minimum atomic E-state index is -1.29. The Balaban J connectivity index is 1.52. The van der Waals surface area contributed by atoms with Crippen LogP contribution in [0.4, 0.5) is 0 Å². The van der Waals surface area contributed by atoms with Crippen LogP contribution < -0.4 is 27.4 Å². The number of carbonyl (C=O) groups excluding carboxylic acids is 3. The number of furan rings is 1. The molecule has 0 radical (unpaired) electrons. The second kappa shape index (κ2) is 12.6. The summed E-state index contributed by atoms with van der Waals surface area (Å²) in [6.07, 6.45) is 2.02. The molecular formula is C27H37N7O6. The van der Waals surface area contributed by atoms with E-state index in [0.29, 0.717) is 24.4 Å². The number of carboxylic acid groups (broad SMARTS) is 1. The van der Waals surface area contributed by atoms with E-state index in [2.05, 4.69) is 16.0 Å². The van der Waals surface area contributed by atoms with Gasteiger partial charge in [0.1, 0.15) is 29.5 Å². The predicted octanol–water partition coefficient (Wildman–Crippen LogP) is 0.0238. The number of aliphatic carboxylic acids is 1. The van der Waals surface area contributed by atoms with E-state index in [9.17, 15) is 24.3 Å². The van der Waals surface area contributed by atoms with Crippen molar-refractivity contribution in [1.82, 2.24) is 20.9 Å².